The molecule has 2 amide bonds. The molecule has 0 unspecified atom stereocenters. The smallest absolute Gasteiger partial charge is 0.280 e. The molecule has 1 aliphatic carbocycles. The van der Waals surface area contributed by atoms with Crippen molar-refractivity contribution in [3.8, 4) is 0 Å². The third-order valence-corrected chi connectivity index (χ3v) is 4.70. The van der Waals surface area contributed by atoms with Crippen LogP contribution in [0, 0.1) is 5.92 Å². The van der Waals surface area contributed by atoms with Crippen LogP contribution >= 0.6 is 11.3 Å². The topological polar surface area (TPSA) is 76.0 Å². The van der Waals surface area contributed by atoms with E-state index in [1.165, 1.54) is 11.3 Å². The lowest BCUT2D eigenvalue weighted by Crippen LogP contribution is -2.21. The molecule has 1 saturated carbocycles. The first-order valence-corrected chi connectivity index (χ1v) is 8.16. The van der Waals surface area contributed by atoms with Gasteiger partial charge in [-0.25, -0.2) is 9.66 Å². The number of fused-ring (bicyclic) bond motifs is 1. The number of hydrogen-bond donors (Lipinski definition) is 2. The fourth-order valence-electron chi connectivity index (χ4n) is 2.31. The summed E-state index contributed by atoms with van der Waals surface area (Å²) in [7, 11) is 0. The molecule has 0 spiro atoms. The number of carbonyl (C=O) groups excluding carboxylic acids is 2. The van der Waals surface area contributed by atoms with E-state index in [4.69, 9.17) is 0 Å². The Morgan fingerprint density at radius 1 is 1.17 bits per heavy atom. The van der Waals surface area contributed by atoms with Crippen molar-refractivity contribution in [1.82, 2.24) is 9.66 Å². The van der Waals surface area contributed by atoms with Gasteiger partial charge >= 0.3 is 0 Å². The SMILES string of the molecule is O=C(Nn1cnc2ccccc21)c1ccc(NC(=O)C2CC2)s1. The number of rotatable bonds is 4. The number of carbonyl (C=O) groups is 2. The fraction of sp³-hybridized carbons (Fsp3) is 0.188. The van der Waals surface area contributed by atoms with Gasteiger partial charge in [0.15, 0.2) is 0 Å². The Morgan fingerprint density at radius 3 is 2.83 bits per heavy atom. The Bertz CT molecular complexity index is 894. The number of benzene rings is 1. The lowest BCUT2D eigenvalue weighted by Gasteiger charge is -2.05. The summed E-state index contributed by atoms with van der Waals surface area (Å²) in [6, 6.07) is 11.0. The van der Waals surface area contributed by atoms with Gasteiger partial charge in [-0.2, -0.15) is 0 Å². The minimum absolute atomic E-state index is 0.0411. The minimum Gasteiger partial charge on any atom is -0.317 e. The Morgan fingerprint density at radius 2 is 2.00 bits per heavy atom. The second-order valence-corrected chi connectivity index (χ2v) is 6.56. The van der Waals surface area contributed by atoms with Gasteiger partial charge in [-0.15, -0.1) is 11.3 Å². The van der Waals surface area contributed by atoms with Crippen molar-refractivity contribution < 1.29 is 9.59 Å². The Balaban J connectivity index is 1.48. The number of aromatic nitrogens is 2. The number of amides is 2. The van der Waals surface area contributed by atoms with E-state index in [0.717, 1.165) is 23.9 Å². The summed E-state index contributed by atoms with van der Waals surface area (Å²) in [5.41, 5.74) is 4.45. The van der Waals surface area contributed by atoms with Gasteiger partial charge in [0.1, 0.15) is 6.33 Å². The number of anilines is 1. The number of thiophene rings is 1. The quantitative estimate of drug-likeness (QED) is 0.774. The van der Waals surface area contributed by atoms with Crippen molar-refractivity contribution in [1.29, 1.82) is 0 Å². The molecule has 0 atom stereocenters. The zero-order chi connectivity index (χ0) is 15.8. The van der Waals surface area contributed by atoms with Gasteiger partial charge in [-0.3, -0.25) is 15.0 Å². The molecule has 23 heavy (non-hydrogen) atoms. The van der Waals surface area contributed by atoms with Gasteiger partial charge < -0.3 is 5.32 Å². The van der Waals surface area contributed by atoms with E-state index >= 15 is 0 Å². The van der Waals surface area contributed by atoms with Crippen LogP contribution in [-0.4, -0.2) is 21.5 Å². The predicted octanol–water partition coefficient (Wildman–Crippen LogP) is 2.83. The van der Waals surface area contributed by atoms with Crippen LogP contribution in [-0.2, 0) is 4.79 Å². The molecule has 0 bridgehead atoms. The highest BCUT2D eigenvalue weighted by Crippen LogP contribution is 2.31. The molecule has 116 valence electrons. The van der Waals surface area contributed by atoms with Crippen LogP contribution in [0.25, 0.3) is 11.0 Å². The molecule has 0 aliphatic heterocycles. The van der Waals surface area contributed by atoms with Crippen LogP contribution in [0.15, 0.2) is 42.7 Å². The third kappa shape index (κ3) is 2.83. The predicted molar refractivity (Wildman–Crippen MR) is 89.1 cm³/mol. The zero-order valence-electron chi connectivity index (χ0n) is 12.2. The van der Waals surface area contributed by atoms with Crippen LogP contribution in [0.1, 0.15) is 22.5 Å². The van der Waals surface area contributed by atoms with Crippen molar-refractivity contribution in [2.45, 2.75) is 12.8 Å². The van der Waals surface area contributed by atoms with Gasteiger partial charge in [0.25, 0.3) is 5.91 Å². The van der Waals surface area contributed by atoms with Crippen molar-refractivity contribution in [3.63, 3.8) is 0 Å². The summed E-state index contributed by atoms with van der Waals surface area (Å²) < 4.78 is 1.60. The van der Waals surface area contributed by atoms with E-state index in [0.29, 0.717) is 9.88 Å². The van der Waals surface area contributed by atoms with E-state index in [-0.39, 0.29) is 17.7 Å². The van der Waals surface area contributed by atoms with E-state index < -0.39 is 0 Å². The highest BCUT2D eigenvalue weighted by molar-refractivity contribution is 7.18. The molecule has 2 aromatic heterocycles. The molecule has 3 aromatic rings. The fourth-order valence-corrected chi connectivity index (χ4v) is 3.11. The number of imidazole rings is 1. The lowest BCUT2D eigenvalue weighted by atomic mass is 10.3. The van der Waals surface area contributed by atoms with Crippen LogP contribution in [0.2, 0.25) is 0 Å². The van der Waals surface area contributed by atoms with Crippen molar-refractivity contribution in [2.75, 3.05) is 10.7 Å². The number of hydrogen-bond acceptors (Lipinski definition) is 4. The second kappa shape index (κ2) is 5.51. The monoisotopic (exact) mass is 326 g/mol. The summed E-state index contributed by atoms with van der Waals surface area (Å²) in [4.78, 5) is 28.8. The maximum atomic E-state index is 12.3. The highest BCUT2D eigenvalue weighted by Gasteiger charge is 2.29. The van der Waals surface area contributed by atoms with Gasteiger partial charge in [0.2, 0.25) is 5.91 Å². The maximum absolute atomic E-state index is 12.3. The molecule has 0 radical (unpaired) electrons. The van der Waals surface area contributed by atoms with E-state index in [9.17, 15) is 9.59 Å². The summed E-state index contributed by atoms with van der Waals surface area (Å²) in [5, 5.41) is 3.54. The summed E-state index contributed by atoms with van der Waals surface area (Å²) in [6.07, 6.45) is 3.49. The summed E-state index contributed by atoms with van der Waals surface area (Å²) >= 11 is 1.26. The summed E-state index contributed by atoms with van der Waals surface area (Å²) in [5.74, 6) is -0.0452. The molecule has 2 heterocycles. The number of para-hydroxylation sites is 2. The molecule has 1 aromatic carbocycles. The average molecular weight is 326 g/mol. The van der Waals surface area contributed by atoms with Gasteiger partial charge in [0, 0.05) is 5.92 Å². The van der Waals surface area contributed by atoms with Crippen LogP contribution < -0.4 is 10.7 Å². The molecule has 1 aliphatic rings. The first-order chi connectivity index (χ1) is 11.2. The molecular formula is C16H14N4O2S. The van der Waals surface area contributed by atoms with Crippen LogP contribution in [0.3, 0.4) is 0 Å². The van der Waals surface area contributed by atoms with Gasteiger partial charge in [0.05, 0.1) is 20.9 Å². The molecule has 4 rings (SSSR count). The number of nitrogens with zero attached hydrogens (tertiary/aromatic N) is 2. The van der Waals surface area contributed by atoms with Crippen molar-refractivity contribution in [3.05, 3.63) is 47.6 Å². The molecule has 0 saturated heterocycles. The minimum atomic E-state index is -0.231. The largest absolute Gasteiger partial charge is 0.317 e. The molecule has 7 heteroatoms. The van der Waals surface area contributed by atoms with Gasteiger partial charge in [-0.1, -0.05) is 12.1 Å². The molecule has 1 fully saturated rings. The Hall–Kier alpha value is -2.67. The zero-order valence-corrected chi connectivity index (χ0v) is 13.0. The summed E-state index contributed by atoms with van der Waals surface area (Å²) in [6.45, 7) is 0. The van der Waals surface area contributed by atoms with Gasteiger partial charge in [-0.05, 0) is 37.1 Å². The lowest BCUT2D eigenvalue weighted by molar-refractivity contribution is -0.117. The molecular weight excluding hydrogens is 312 g/mol. The van der Waals surface area contributed by atoms with Crippen molar-refractivity contribution >= 4 is 39.2 Å². The molecule has 6 nitrogen and oxygen atoms in total. The normalized spacial score (nSPS) is 13.9. The second-order valence-electron chi connectivity index (χ2n) is 5.47. The van der Waals surface area contributed by atoms with E-state index in [1.807, 2.05) is 24.3 Å². The van der Waals surface area contributed by atoms with E-state index in [1.54, 1.807) is 23.1 Å². The Labute approximate surface area is 136 Å². The average Bonchev–Trinajstić information content (AvgIpc) is 3.19. The van der Waals surface area contributed by atoms with Crippen LogP contribution in [0.5, 0.6) is 0 Å². The third-order valence-electron chi connectivity index (χ3n) is 3.70. The number of nitrogens with one attached hydrogen (secondary N) is 2. The first kappa shape index (κ1) is 14.0. The maximum Gasteiger partial charge on any atom is 0.280 e. The van der Waals surface area contributed by atoms with Crippen molar-refractivity contribution in [2.24, 2.45) is 5.92 Å². The van der Waals surface area contributed by atoms with E-state index in [2.05, 4.69) is 15.7 Å². The highest BCUT2D eigenvalue weighted by atomic mass is 32.1. The Kier molecular flexibility index (Phi) is 3.34. The standard InChI is InChI=1S/C16H14N4O2S/c21-15(10-5-6-10)18-14-8-7-13(23-14)16(22)19-20-9-17-11-3-1-2-4-12(11)20/h1-4,7-10H,5-6H2,(H,18,21)(H,19,22). The first-order valence-electron chi connectivity index (χ1n) is 7.35. The van der Waals surface area contributed by atoms with Crippen LogP contribution in [0.4, 0.5) is 5.00 Å². The molecule has 2 N–H and O–H groups in total.